The van der Waals surface area contributed by atoms with Crippen molar-refractivity contribution >= 4 is 0 Å². The van der Waals surface area contributed by atoms with Crippen molar-refractivity contribution in [2.75, 3.05) is 19.6 Å². The van der Waals surface area contributed by atoms with Crippen LogP contribution in [0.1, 0.15) is 12.8 Å². The Balaban J connectivity index is 2.23. The molecule has 0 radical (unpaired) electrons. The van der Waals surface area contributed by atoms with Gasteiger partial charge in [-0.2, -0.15) is 5.26 Å². The molecule has 2 atom stereocenters. The zero-order valence-electron chi connectivity index (χ0n) is 6.71. The average Bonchev–Trinajstić information content (AvgIpc) is 2.52. The van der Waals surface area contributed by atoms with E-state index in [4.69, 9.17) is 11.0 Å². The zero-order valence-corrected chi connectivity index (χ0v) is 6.71. The summed E-state index contributed by atoms with van der Waals surface area (Å²) >= 11 is 0. The number of hydrogen-bond donors (Lipinski definition) is 2. The van der Waals surface area contributed by atoms with Crippen molar-refractivity contribution < 1.29 is 0 Å². The van der Waals surface area contributed by atoms with E-state index in [1.54, 1.807) is 0 Å². The zero-order chi connectivity index (χ0) is 8.10. The third-order valence-electron chi connectivity index (χ3n) is 2.25. The van der Waals surface area contributed by atoms with E-state index in [1.807, 2.05) is 0 Å². The van der Waals surface area contributed by atoms with Gasteiger partial charge in [0, 0.05) is 6.54 Å². The summed E-state index contributed by atoms with van der Waals surface area (Å²) < 4.78 is 0. The predicted molar refractivity (Wildman–Crippen MR) is 43.8 cm³/mol. The number of rotatable bonds is 3. The molecular formula is C8H15N3. The first-order valence-electron chi connectivity index (χ1n) is 4.17. The summed E-state index contributed by atoms with van der Waals surface area (Å²) in [5.74, 6) is 0.753. The average molecular weight is 153 g/mol. The van der Waals surface area contributed by atoms with Gasteiger partial charge in [0.05, 0.1) is 12.0 Å². The molecule has 1 saturated heterocycles. The van der Waals surface area contributed by atoms with Crippen LogP contribution >= 0.6 is 0 Å². The van der Waals surface area contributed by atoms with Crippen molar-refractivity contribution in [3.05, 3.63) is 0 Å². The van der Waals surface area contributed by atoms with Crippen LogP contribution in [-0.4, -0.2) is 19.6 Å². The third-order valence-corrected chi connectivity index (χ3v) is 2.25. The van der Waals surface area contributed by atoms with Crippen molar-refractivity contribution in [2.24, 2.45) is 17.6 Å². The van der Waals surface area contributed by atoms with E-state index in [0.717, 1.165) is 19.5 Å². The first-order valence-corrected chi connectivity index (χ1v) is 4.17. The highest BCUT2D eigenvalue weighted by Crippen LogP contribution is 2.17. The molecule has 0 aromatic heterocycles. The Morgan fingerprint density at radius 1 is 1.73 bits per heavy atom. The summed E-state index contributed by atoms with van der Waals surface area (Å²) in [5, 5.41) is 11.9. The number of nitrogens with two attached hydrogens (primary N) is 1. The van der Waals surface area contributed by atoms with Gasteiger partial charge in [-0.3, -0.25) is 0 Å². The van der Waals surface area contributed by atoms with Crippen molar-refractivity contribution in [3.8, 4) is 6.07 Å². The van der Waals surface area contributed by atoms with Gasteiger partial charge in [-0.05, 0) is 31.8 Å². The van der Waals surface area contributed by atoms with Gasteiger partial charge in [0.1, 0.15) is 0 Å². The van der Waals surface area contributed by atoms with Crippen LogP contribution < -0.4 is 11.1 Å². The minimum atomic E-state index is 0.0694. The predicted octanol–water partition coefficient (Wildman–Crippen LogP) is 0.0845. The maximum Gasteiger partial charge on any atom is 0.0669 e. The lowest BCUT2D eigenvalue weighted by Gasteiger charge is -2.10. The number of nitrogens with one attached hydrogen (secondary N) is 1. The third kappa shape index (κ3) is 2.49. The van der Waals surface area contributed by atoms with Gasteiger partial charge in [0.25, 0.3) is 0 Å². The Morgan fingerprint density at radius 2 is 2.55 bits per heavy atom. The summed E-state index contributed by atoms with van der Waals surface area (Å²) in [5.41, 5.74) is 5.42. The van der Waals surface area contributed by atoms with E-state index in [9.17, 15) is 0 Å². The van der Waals surface area contributed by atoms with E-state index < -0.39 is 0 Å². The molecule has 1 aliphatic heterocycles. The highest BCUT2D eigenvalue weighted by molar-refractivity contribution is 4.87. The standard InChI is InChI=1S/C8H15N3/c9-4-8(5-10)3-7-1-2-11-6-7/h7-8,11H,1-4,6,9H2. The highest BCUT2D eigenvalue weighted by Gasteiger charge is 2.18. The molecule has 1 rings (SSSR count). The number of nitriles is 1. The fourth-order valence-corrected chi connectivity index (χ4v) is 1.52. The maximum atomic E-state index is 8.64. The van der Waals surface area contributed by atoms with Crippen LogP contribution in [0.15, 0.2) is 0 Å². The molecular weight excluding hydrogens is 138 g/mol. The van der Waals surface area contributed by atoms with Crippen LogP contribution in [0.4, 0.5) is 0 Å². The van der Waals surface area contributed by atoms with Crippen LogP contribution in [0.2, 0.25) is 0 Å². The van der Waals surface area contributed by atoms with Crippen molar-refractivity contribution in [3.63, 3.8) is 0 Å². The lowest BCUT2D eigenvalue weighted by Crippen LogP contribution is -2.18. The summed E-state index contributed by atoms with van der Waals surface area (Å²) in [6.45, 7) is 2.68. The van der Waals surface area contributed by atoms with Crippen molar-refractivity contribution in [1.29, 1.82) is 5.26 Å². The second-order valence-electron chi connectivity index (χ2n) is 3.16. The van der Waals surface area contributed by atoms with E-state index in [-0.39, 0.29) is 5.92 Å². The van der Waals surface area contributed by atoms with E-state index in [1.165, 1.54) is 6.42 Å². The molecule has 0 aliphatic carbocycles. The first-order chi connectivity index (χ1) is 5.36. The SMILES string of the molecule is N#CC(CN)CC1CCNC1. The van der Waals surface area contributed by atoms with E-state index in [2.05, 4.69) is 11.4 Å². The minimum Gasteiger partial charge on any atom is -0.329 e. The minimum absolute atomic E-state index is 0.0694. The largest absolute Gasteiger partial charge is 0.329 e. The van der Waals surface area contributed by atoms with Gasteiger partial charge in [-0.25, -0.2) is 0 Å². The van der Waals surface area contributed by atoms with Gasteiger partial charge in [-0.1, -0.05) is 0 Å². The smallest absolute Gasteiger partial charge is 0.0669 e. The lowest BCUT2D eigenvalue weighted by atomic mass is 9.95. The summed E-state index contributed by atoms with van der Waals surface area (Å²) in [6.07, 6.45) is 2.18. The van der Waals surface area contributed by atoms with Crippen LogP contribution in [-0.2, 0) is 0 Å². The normalized spacial score (nSPS) is 26.4. The second kappa shape index (κ2) is 4.32. The van der Waals surface area contributed by atoms with Gasteiger partial charge < -0.3 is 11.1 Å². The molecule has 3 heteroatoms. The Labute approximate surface area is 67.6 Å². The molecule has 1 fully saturated rings. The molecule has 0 amide bonds. The van der Waals surface area contributed by atoms with Crippen molar-refractivity contribution in [1.82, 2.24) is 5.32 Å². The molecule has 0 saturated carbocycles. The van der Waals surface area contributed by atoms with Crippen LogP contribution in [0.5, 0.6) is 0 Å². The Morgan fingerprint density at radius 3 is 3.00 bits per heavy atom. The van der Waals surface area contributed by atoms with E-state index >= 15 is 0 Å². The summed E-state index contributed by atoms with van der Waals surface area (Å²) in [7, 11) is 0. The van der Waals surface area contributed by atoms with Crippen LogP contribution in [0.3, 0.4) is 0 Å². The number of nitrogens with zero attached hydrogens (tertiary/aromatic N) is 1. The molecule has 0 bridgehead atoms. The fraction of sp³-hybridized carbons (Fsp3) is 0.875. The molecule has 2 unspecified atom stereocenters. The molecule has 3 N–H and O–H groups in total. The van der Waals surface area contributed by atoms with Crippen molar-refractivity contribution in [2.45, 2.75) is 12.8 Å². The van der Waals surface area contributed by atoms with Gasteiger partial charge in [0.15, 0.2) is 0 Å². The van der Waals surface area contributed by atoms with Gasteiger partial charge >= 0.3 is 0 Å². The molecule has 3 nitrogen and oxygen atoms in total. The maximum absolute atomic E-state index is 8.64. The Kier molecular flexibility index (Phi) is 3.34. The Hall–Kier alpha value is -0.590. The monoisotopic (exact) mass is 153 g/mol. The summed E-state index contributed by atoms with van der Waals surface area (Å²) in [6, 6.07) is 2.23. The van der Waals surface area contributed by atoms with E-state index in [0.29, 0.717) is 12.5 Å². The second-order valence-corrected chi connectivity index (χ2v) is 3.16. The molecule has 11 heavy (non-hydrogen) atoms. The highest BCUT2D eigenvalue weighted by atomic mass is 14.9. The molecule has 0 aromatic carbocycles. The van der Waals surface area contributed by atoms with Gasteiger partial charge in [-0.15, -0.1) is 0 Å². The quantitative estimate of drug-likeness (QED) is 0.603. The molecule has 0 spiro atoms. The van der Waals surface area contributed by atoms with Crippen LogP contribution in [0, 0.1) is 23.2 Å². The first kappa shape index (κ1) is 8.51. The molecule has 0 aromatic rings. The van der Waals surface area contributed by atoms with Gasteiger partial charge in [0.2, 0.25) is 0 Å². The number of hydrogen-bond acceptors (Lipinski definition) is 3. The van der Waals surface area contributed by atoms with Crippen LogP contribution in [0.25, 0.3) is 0 Å². The molecule has 1 heterocycles. The lowest BCUT2D eigenvalue weighted by molar-refractivity contribution is 0.456. The fourth-order valence-electron chi connectivity index (χ4n) is 1.52. The summed E-state index contributed by atoms with van der Waals surface area (Å²) in [4.78, 5) is 0. The topological polar surface area (TPSA) is 61.8 Å². The Bertz CT molecular complexity index is 144. The molecule has 62 valence electrons. The molecule has 1 aliphatic rings.